The second-order valence-corrected chi connectivity index (χ2v) is 6.11. The number of hydrogen-bond donors (Lipinski definition) is 2. The van der Waals surface area contributed by atoms with Crippen LogP contribution in [-0.2, 0) is 16.0 Å². The first-order valence-corrected chi connectivity index (χ1v) is 8.38. The maximum Gasteiger partial charge on any atom is 0.337 e. The van der Waals surface area contributed by atoms with E-state index >= 15 is 0 Å². The van der Waals surface area contributed by atoms with Crippen LogP contribution in [0.1, 0.15) is 15.9 Å². The predicted molar refractivity (Wildman–Crippen MR) is 99.4 cm³/mol. The summed E-state index contributed by atoms with van der Waals surface area (Å²) in [6.07, 6.45) is 0.611. The summed E-state index contributed by atoms with van der Waals surface area (Å²) in [7, 11) is 1.32. The number of carbonyl (C=O) groups is 2. The Bertz CT molecular complexity index is 766. The van der Waals surface area contributed by atoms with Crippen LogP contribution in [0.5, 0.6) is 0 Å². The summed E-state index contributed by atoms with van der Waals surface area (Å²) in [4.78, 5) is 23.4. The number of halogens is 2. The first-order chi connectivity index (χ1) is 12.0. The summed E-state index contributed by atoms with van der Waals surface area (Å²) in [6, 6.07) is 12.0. The van der Waals surface area contributed by atoms with Gasteiger partial charge in [0.2, 0.25) is 5.91 Å². The topological polar surface area (TPSA) is 67.4 Å². The van der Waals surface area contributed by atoms with E-state index in [0.717, 1.165) is 5.56 Å². The molecule has 0 atom stereocenters. The van der Waals surface area contributed by atoms with Crippen LogP contribution < -0.4 is 10.6 Å². The van der Waals surface area contributed by atoms with Crippen LogP contribution in [0.25, 0.3) is 0 Å². The largest absolute Gasteiger partial charge is 0.465 e. The molecule has 7 heteroatoms. The summed E-state index contributed by atoms with van der Waals surface area (Å²) in [5.74, 6) is -0.582. The predicted octanol–water partition coefficient (Wildman–Crippen LogP) is 3.55. The summed E-state index contributed by atoms with van der Waals surface area (Å²) in [6.45, 7) is 0.559. The molecule has 2 N–H and O–H groups in total. The van der Waals surface area contributed by atoms with Crippen LogP contribution in [0.2, 0.25) is 10.0 Å². The lowest BCUT2D eigenvalue weighted by Crippen LogP contribution is -2.31. The van der Waals surface area contributed by atoms with Crippen LogP contribution in [0.3, 0.4) is 0 Å². The van der Waals surface area contributed by atoms with Gasteiger partial charge < -0.3 is 15.4 Å². The van der Waals surface area contributed by atoms with E-state index in [1.807, 2.05) is 6.07 Å². The van der Waals surface area contributed by atoms with E-state index in [1.165, 1.54) is 7.11 Å². The molecule has 132 valence electrons. The van der Waals surface area contributed by atoms with Crippen molar-refractivity contribution in [1.82, 2.24) is 5.32 Å². The maximum atomic E-state index is 11.9. The van der Waals surface area contributed by atoms with E-state index in [4.69, 9.17) is 23.2 Å². The molecular weight excluding hydrogens is 363 g/mol. The lowest BCUT2D eigenvalue weighted by atomic mass is 10.1. The Hall–Kier alpha value is -2.24. The number of carbonyl (C=O) groups excluding carboxylic acids is 2. The van der Waals surface area contributed by atoms with Crippen molar-refractivity contribution in [1.29, 1.82) is 0 Å². The number of hydrogen-bond acceptors (Lipinski definition) is 4. The second-order valence-electron chi connectivity index (χ2n) is 5.26. The summed E-state index contributed by atoms with van der Waals surface area (Å²) in [5.41, 5.74) is 2.01. The summed E-state index contributed by atoms with van der Waals surface area (Å²) < 4.78 is 4.66. The van der Waals surface area contributed by atoms with Crippen LogP contribution >= 0.6 is 23.2 Å². The highest BCUT2D eigenvalue weighted by molar-refractivity contribution is 6.35. The summed E-state index contributed by atoms with van der Waals surface area (Å²) in [5, 5.41) is 6.94. The van der Waals surface area contributed by atoms with Crippen molar-refractivity contribution < 1.29 is 14.3 Å². The van der Waals surface area contributed by atoms with Gasteiger partial charge in [-0.15, -0.1) is 0 Å². The quantitative estimate of drug-likeness (QED) is 0.720. The Morgan fingerprint density at radius 3 is 2.64 bits per heavy atom. The van der Waals surface area contributed by atoms with Crippen molar-refractivity contribution >= 4 is 40.8 Å². The Kier molecular flexibility index (Phi) is 7.10. The number of esters is 1. The zero-order chi connectivity index (χ0) is 18.2. The molecule has 0 unspecified atom stereocenters. The SMILES string of the molecule is COC(=O)c1cccc(NCC(=O)NCCc2ccc(Cl)cc2Cl)c1. The minimum Gasteiger partial charge on any atom is -0.465 e. The first kappa shape index (κ1) is 19.1. The van der Waals surface area contributed by atoms with E-state index in [2.05, 4.69) is 15.4 Å². The Morgan fingerprint density at radius 1 is 1.12 bits per heavy atom. The molecule has 0 saturated heterocycles. The maximum absolute atomic E-state index is 11.9. The Morgan fingerprint density at radius 2 is 1.92 bits per heavy atom. The van der Waals surface area contributed by atoms with Gasteiger partial charge in [0.05, 0.1) is 19.2 Å². The molecule has 25 heavy (non-hydrogen) atoms. The average Bonchev–Trinajstić information content (AvgIpc) is 2.61. The summed E-state index contributed by atoms with van der Waals surface area (Å²) >= 11 is 11.9. The van der Waals surface area contributed by atoms with Crippen molar-refractivity contribution in [3.05, 3.63) is 63.6 Å². The third-order valence-corrected chi connectivity index (χ3v) is 4.06. The minimum atomic E-state index is -0.423. The fourth-order valence-corrected chi connectivity index (χ4v) is 2.68. The van der Waals surface area contributed by atoms with E-state index in [1.54, 1.807) is 36.4 Å². The first-order valence-electron chi connectivity index (χ1n) is 7.62. The van der Waals surface area contributed by atoms with Crippen LogP contribution in [0.4, 0.5) is 5.69 Å². The van der Waals surface area contributed by atoms with E-state index < -0.39 is 5.97 Å². The average molecular weight is 381 g/mol. The van der Waals surface area contributed by atoms with E-state index in [-0.39, 0.29) is 12.5 Å². The Labute approximate surface area is 156 Å². The fourth-order valence-electron chi connectivity index (χ4n) is 2.18. The smallest absolute Gasteiger partial charge is 0.337 e. The van der Waals surface area contributed by atoms with Crippen molar-refractivity contribution in [3.63, 3.8) is 0 Å². The lowest BCUT2D eigenvalue weighted by molar-refractivity contribution is -0.119. The molecule has 0 saturated carbocycles. The van der Waals surface area contributed by atoms with Gasteiger partial charge in [-0.05, 0) is 42.3 Å². The molecule has 0 spiro atoms. The van der Waals surface area contributed by atoms with Crippen LogP contribution in [0.15, 0.2) is 42.5 Å². The van der Waals surface area contributed by atoms with Gasteiger partial charge in [0.25, 0.3) is 0 Å². The molecule has 5 nitrogen and oxygen atoms in total. The van der Waals surface area contributed by atoms with Gasteiger partial charge in [0.15, 0.2) is 0 Å². The zero-order valence-corrected chi connectivity index (χ0v) is 15.2. The molecule has 0 fully saturated rings. The van der Waals surface area contributed by atoms with Crippen LogP contribution in [0, 0.1) is 0 Å². The van der Waals surface area contributed by atoms with Crippen molar-refractivity contribution in [2.45, 2.75) is 6.42 Å². The molecule has 1 amide bonds. The van der Waals surface area contributed by atoms with Gasteiger partial charge in [-0.2, -0.15) is 0 Å². The zero-order valence-electron chi connectivity index (χ0n) is 13.6. The molecule has 0 aliphatic heterocycles. The molecule has 2 aromatic carbocycles. The molecule has 0 heterocycles. The highest BCUT2D eigenvalue weighted by Crippen LogP contribution is 2.21. The molecule has 0 radical (unpaired) electrons. The van der Waals surface area contributed by atoms with Gasteiger partial charge in [-0.1, -0.05) is 35.3 Å². The highest BCUT2D eigenvalue weighted by atomic mass is 35.5. The third kappa shape index (κ3) is 5.96. The molecular formula is C18H18Cl2N2O3. The van der Waals surface area contributed by atoms with Gasteiger partial charge in [-0.25, -0.2) is 4.79 Å². The van der Waals surface area contributed by atoms with Crippen LogP contribution in [-0.4, -0.2) is 32.1 Å². The van der Waals surface area contributed by atoms with Crippen molar-refractivity contribution in [2.24, 2.45) is 0 Å². The normalized spacial score (nSPS) is 10.2. The minimum absolute atomic E-state index is 0.0962. The fraction of sp³-hybridized carbons (Fsp3) is 0.222. The van der Waals surface area contributed by atoms with Gasteiger partial charge in [0.1, 0.15) is 0 Å². The third-order valence-electron chi connectivity index (χ3n) is 3.47. The van der Waals surface area contributed by atoms with Gasteiger partial charge >= 0.3 is 5.97 Å². The van der Waals surface area contributed by atoms with Gasteiger partial charge in [-0.3, -0.25) is 4.79 Å². The molecule has 0 aliphatic carbocycles. The number of nitrogens with one attached hydrogen (secondary N) is 2. The number of methoxy groups -OCH3 is 1. The molecule has 0 bridgehead atoms. The number of benzene rings is 2. The standard InChI is InChI=1S/C18H18Cl2N2O3/c1-25-18(24)13-3-2-4-15(9-13)22-11-17(23)21-8-7-12-5-6-14(19)10-16(12)20/h2-6,9-10,22H,7-8,11H2,1H3,(H,21,23). The van der Waals surface area contributed by atoms with E-state index in [0.29, 0.717) is 34.3 Å². The number of amides is 1. The molecule has 0 aliphatic rings. The van der Waals surface area contributed by atoms with E-state index in [9.17, 15) is 9.59 Å². The molecule has 2 aromatic rings. The van der Waals surface area contributed by atoms with Gasteiger partial charge in [0, 0.05) is 22.3 Å². The highest BCUT2D eigenvalue weighted by Gasteiger charge is 2.07. The number of rotatable bonds is 7. The Balaban J connectivity index is 1.78. The molecule has 0 aromatic heterocycles. The second kappa shape index (κ2) is 9.30. The lowest BCUT2D eigenvalue weighted by Gasteiger charge is -2.09. The van der Waals surface area contributed by atoms with Crippen molar-refractivity contribution in [3.8, 4) is 0 Å². The molecule has 2 rings (SSSR count). The number of ether oxygens (including phenoxy) is 1. The number of anilines is 1. The monoisotopic (exact) mass is 380 g/mol. The van der Waals surface area contributed by atoms with Crippen molar-refractivity contribution in [2.75, 3.05) is 25.5 Å².